The van der Waals surface area contributed by atoms with Crippen LogP contribution in [0.5, 0.6) is 0 Å². The van der Waals surface area contributed by atoms with Gasteiger partial charge in [-0.25, -0.2) is 4.98 Å². The maximum Gasteiger partial charge on any atom is 0.225 e. The summed E-state index contributed by atoms with van der Waals surface area (Å²) < 4.78 is 0. The van der Waals surface area contributed by atoms with Gasteiger partial charge in [-0.2, -0.15) is 4.98 Å². The molecule has 0 spiro atoms. The molecule has 2 heterocycles. The highest BCUT2D eigenvalue weighted by Gasteiger charge is 2.08. The van der Waals surface area contributed by atoms with Gasteiger partial charge in [0, 0.05) is 41.3 Å². The van der Waals surface area contributed by atoms with E-state index in [4.69, 9.17) is 0 Å². The van der Waals surface area contributed by atoms with Gasteiger partial charge in [0.15, 0.2) is 0 Å². The molecule has 0 aliphatic carbocycles. The third kappa shape index (κ3) is 4.14. The van der Waals surface area contributed by atoms with Crippen LogP contribution in [-0.4, -0.2) is 27.5 Å². The van der Waals surface area contributed by atoms with Crippen molar-refractivity contribution in [3.8, 4) is 11.3 Å². The average Bonchev–Trinajstić information content (AvgIpc) is 3.11. The van der Waals surface area contributed by atoms with Crippen LogP contribution in [0.1, 0.15) is 19.4 Å². The van der Waals surface area contributed by atoms with Gasteiger partial charge in [0.25, 0.3) is 0 Å². The van der Waals surface area contributed by atoms with Crippen LogP contribution < -0.4 is 10.6 Å². The van der Waals surface area contributed by atoms with E-state index >= 15 is 0 Å². The average molecular weight is 371 g/mol. The molecular formula is C23H25N5. The summed E-state index contributed by atoms with van der Waals surface area (Å²) in [7, 11) is 0. The maximum atomic E-state index is 4.68. The number of hydrogen-bond acceptors (Lipinski definition) is 4. The number of fused-ring (bicyclic) bond motifs is 1. The third-order valence-electron chi connectivity index (χ3n) is 4.59. The lowest BCUT2D eigenvalue weighted by Gasteiger charge is -2.13. The number of benzene rings is 2. The van der Waals surface area contributed by atoms with Crippen LogP contribution in [0.2, 0.25) is 0 Å². The molecule has 142 valence electrons. The smallest absolute Gasteiger partial charge is 0.225 e. The standard InChI is InChI=1S/C23H25N5/c1-16(2)26-23-27-21(17-8-4-3-5-9-17)14-22(28-23)24-13-12-18-15-25-20-11-7-6-10-19(18)20/h3-11,14-16,25H,12-13H2,1-2H3,(H2,24,26,27,28). The first-order valence-electron chi connectivity index (χ1n) is 9.69. The van der Waals surface area contributed by atoms with Gasteiger partial charge < -0.3 is 15.6 Å². The Morgan fingerprint density at radius 1 is 0.964 bits per heavy atom. The van der Waals surface area contributed by atoms with Crippen LogP contribution in [0.4, 0.5) is 11.8 Å². The van der Waals surface area contributed by atoms with Gasteiger partial charge in [-0.3, -0.25) is 0 Å². The molecule has 0 radical (unpaired) electrons. The normalized spacial score (nSPS) is 11.1. The van der Waals surface area contributed by atoms with E-state index in [1.807, 2.05) is 24.3 Å². The Hall–Kier alpha value is -3.34. The molecular weight excluding hydrogens is 346 g/mol. The molecule has 0 bridgehead atoms. The molecule has 4 rings (SSSR count). The summed E-state index contributed by atoms with van der Waals surface area (Å²) in [6.45, 7) is 4.97. The molecule has 0 aliphatic heterocycles. The van der Waals surface area contributed by atoms with E-state index in [-0.39, 0.29) is 6.04 Å². The Balaban J connectivity index is 1.53. The molecule has 5 nitrogen and oxygen atoms in total. The summed E-state index contributed by atoms with van der Waals surface area (Å²) in [4.78, 5) is 12.6. The monoisotopic (exact) mass is 371 g/mol. The fourth-order valence-corrected chi connectivity index (χ4v) is 3.28. The minimum Gasteiger partial charge on any atom is -0.370 e. The first kappa shape index (κ1) is 18.0. The Bertz CT molecular complexity index is 1050. The first-order chi connectivity index (χ1) is 13.7. The van der Waals surface area contributed by atoms with Crippen molar-refractivity contribution in [1.29, 1.82) is 0 Å². The van der Waals surface area contributed by atoms with E-state index in [9.17, 15) is 0 Å². The molecule has 0 saturated carbocycles. The van der Waals surface area contributed by atoms with Crippen molar-refractivity contribution >= 4 is 22.7 Å². The number of aromatic nitrogens is 3. The summed E-state index contributed by atoms with van der Waals surface area (Å²) in [5.41, 5.74) is 4.47. The lowest BCUT2D eigenvalue weighted by Crippen LogP contribution is -2.14. The summed E-state index contributed by atoms with van der Waals surface area (Å²) in [5, 5.41) is 8.06. The van der Waals surface area contributed by atoms with Crippen LogP contribution in [0.3, 0.4) is 0 Å². The fourth-order valence-electron chi connectivity index (χ4n) is 3.28. The van der Waals surface area contributed by atoms with Crippen LogP contribution in [0.15, 0.2) is 66.9 Å². The van der Waals surface area contributed by atoms with Crippen molar-refractivity contribution in [3.05, 3.63) is 72.4 Å². The van der Waals surface area contributed by atoms with Crippen molar-refractivity contribution in [2.24, 2.45) is 0 Å². The van der Waals surface area contributed by atoms with Gasteiger partial charge >= 0.3 is 0 Å². The Morgan fingerprint density at radius 3 is 2.57 bits per heavy atom. The van der Waals surface area contributed by atoms with Gasteiger partial charge in [-0.05, 0) is 31.9 Å². The molecule has 28 heavy (non-hydrogen) atoms. The van der Waals surface area contributed by atoms with Crippen LogP contribution in [0, 0.1) is 0 Å². The number of anilines is 2. The van der Waals surface area contributed by atoms with Gasteiger partial charge in [-0.1, -0.05) is 48.5 Å². The highest BCUT2D eigenvalue weighted by Crippen LogP contribution is 2.22. The molecule has 0 amide bonds. The number of rotatable bonds is 7. The topological polar surface area (TPSA) is 65.6 Å². The predicted molar refractivity (Wildman–Crippen MR) is 117 cm³/mol. The molecule has 0 atom stereocenters. The Kier molecular flexibility index (Phi) is 5.24. The van der Waals surface area contributed by atoms with Crippen molar-refractivity contribution in [3.63, 3.8) is 0 Å². The molecule has 5 heteroatoms. The van der Waals surface area contributed by atoms with Crippen LogP contribution in [-0.2, 0) is 6.42 Å². The zero-order valence-corrected chi connectivity index (χ0v) is 16.2. The van der Waals surface area contributed by atoms with E-state index in [0.29, 0.717) is 5.95 Å². The zero-order chi connectivity index (χ0) is 19.3. The summed E-state index contributed by atoms with van der Waals surface area (Å²) in [6.07, 6.45) is 3.01. The molecule has 2 aromatic heterocycles. The summed E-state index contributed by atoms with van der Waals surface area (Å²) in [6, 6.07) is 20.9. The molecule has 0 fully saturated rings. The predicted octanol–water partition coefficient (Wildman–Crippen LogP) is 5.10. The Morgan fingerprint density at radius 2 is 1.75 bits per heavy atom. The zero-order valence-electron chi connectivity index (χ0n) is 16.2. The van der Waals surface area contributed by atoms with Crippen molar-refractivity contribution in [2.45, 2.75) is 26.3 Å². The van der Waals surface area contributed by atoms with E-state index in [2.05, 4.69) is 82.0 Å². The van der Waals surface area contributed by atoms with E-state index < -0.39 is 0 Å². The minimum atomic E-state index is 0.269. The van der Waals surface area contributed by atoms with E-state index in [1.165, 1.54) is 16.5 Å². The SMILES string of the molecule is CC(C)Nc1nc(NCCc2c[nH]c3ccccc23)cc(-c2ccccc2)n1. The second-order valence-corrected chi connectivity index (χ2v) is 7.16. The van der Waals surface area contributed by atoms with Crippen molar-refractivity contribution in [1.82, 2.24) is 15.0 Å². The second-order valence-electron chi connectivity index (χ2n) is 7.16. The first-order valence-corrected chi connectivity index (χ1v) is 9.69. The maximum absolute atomic E-state index is 4.68. The molecule has 0 unspecified atom stereocenters. The van der Waals surface area contributed by atoms with Crippen LogP contribution in [0.25, 0.3) is 22.2 Å². The lowest BCUT2D eigenvalue weighted by atomic mass is 10.1. The summed E-state index contributed by atoms with van der Waals surface area (Å²) >= 11 is 0. The fraction of sp³-hybridized carbons (Fsp3) is 0.217. The quantitative estimate of drug-likeness (QED) is 0.423. The molecule has 0 aliphatic rings. The van der Waals surface area contributed by atoms with Gasteiger partial charge in [0.05, 0.1) is 5.69 Å². The molecule has 2 aromatic carbocycles. The largest absolute Gasteiger partial charge is 0.370 e. The highest BCUT2D eigenvalue weighted by molar-refractivity contribution is 5.83. The van der Waals surface area contributed by atoms with Crippen molar-refractivity contribution < 1.29 is 0 Å². The molecule has 3 N–H and O–H groups in total. The van der Waals surface area contributed by atoms with Gasteiger partial charge in [0.2, 0.25) is 5.95 Å². The number of para-hydroxylation sites is 1. The number of H-pyrrole nitrogens is 1. The van der Waals surface area contributed by atoms with Crippen molar-refractivity contribution in [2.75, 3.05) is 17.2 Å². The number of nitrogens with zero attached hydrogens (tertiary/aromatic N) is 2. The number of aromatic amines is 1. The van der Waals surface area contributed by atoms with Crippen LogP contribution >= 0.6 is 0 Å². The molecule has 4 aromatic rings. The third-order valence-corrected chi connectivity index (χ3v) is 4.59. The Labute approximate surface area is 165 Å². The number of nitrogens with one attached hydrogen (secondary N) is 3. The van der Waals surface area contributed by atoms with Gasteiger partial charge in [-0.15, -0.1) is 0 Å². The second kappa shape index (κ2) is 8.13. The van der Waals surface area contributed by atoms with E-state index in [1.54, 1.807) is 0 Å². The molecule has 0 saturated heterocycles. The van der Waals surface area contributed by atoms with E-state index in [0.717, 1.165) is 30.0 Å². The summed E-state index contributed by atoms with van der Waals surface area (Å²) in [5.74, 6) is 1.47. The highest BCUT2D eigenvalue weighted by atomic mass is 15.1. The number of hydrogen-bond donors (Lipinski definition) is 3. The van der Waals surface area contributed by atoms with Gasteiger partial charge in [0.1, 0.15) is 5.82 Å². The minimum absolute atomic E-state index is 0.269. The lowest BCUT2D eigenvalue weighted by molar-refractivity contribution is 0.874.